The fourth-order valence-electron chi connectivity index (χ4n) is 1.02. The zero-order valence-electron chi connectivity index (χ0n) is 6.64. The van der Waals surface area contributed by atoms with Crippen molar-refractivity contribution in [3.63, 3.8) is 0 Å². The highest BCUT2D eigenvalue weighted by molar-refractivity contribution is 5.77. The van der Waals surface area contributed by atoms with Gasteiger partial charge in [0.25, 0.3) is 0 Å². The van der Waals surface area contributed by atoms with Crippen LogP contribution in [0.3, 0.4) is 0 Å². The normalized spacial score (nSPS) is 8.83. The molecule has 1 heterocycles. The molecule has 0 saturated carbocycles. The first-order valence-corrected chi connectivity index (χ1v) is 3.60. The minimum atomic E-state index is 1.06. The molecule has 1 aromatic carbocycles. The highest BCUT2D eigenvalue weighted by Crippen LogP contribution is 2.07. The molecule has 0 fully saturated rings. The molecule has 12 heavy (non-hydrogen) atoms. The molecule has 0 amide bonds. The Kier molecular flexibility index (Phi) is 3.19. The predicted molar refractivity (Wildman–Crippen MR) is 50.1 cm³/mol. The summed E-state index contributed by atoms with van der Waals surface area (Å²) in [4.78, 5) is 4.18. The Labute approximate surface area is 71.0 Å². The maximum absolute atomic E-state index is 4.18. The number of hydrogen-bond donors (Lipinski definition) is 2. The van der Waals surface area contributed by atoms with Crippen LogP contribution < -0.4 is 11.7 Å². The maximum Gasteiger partial charge on any atom is 0.0701 e. The monoisotopic (exact) mass is 161 g/mol. The molecule has 0 saturated heterocycles. The molecule has 0 bridgehead atoms. The van der Waals surface area contributed by atoms with Gasteiger partial charge in [0.2, 0.25) is 0 Å². The van der Waals surface area contributed by atoms with Gasteiger partial charge in [0, 0.05) is 11.6 Å². The van der Waals surface area contributed by atoms with Crippen LogP contribution in [-0.4, -0.2) is 4.98 Å². The molecule has 0 atom stereocenters. The summed E-state index contributed by atoms with van der Waals surface area (Å²) in [6.07, 6.45) is 1.81. The van der Waals surface area contributed by atoms with Gasteiger partial charge in [-0.15, -0.1) is 0 Å². The molecule has 1 aromatic heterocycles. The van der Waals surface area contributed by atoms with Gasteiger partial charge in [-0.05, 0) is 12.1 Å². The molecule has 0 unspecified atom stereocenters. The third kappa shape index (κ3) is 1.78. The summed E-state index contributed by atoms with van der Waals surface area (Å²) in [5.74, 6) is 8.00. The quantitative estimate of drug-likeness (QED) is 0.448. The number of pyridine rings is 1. The van der Waals surface area contributed by atoms with Crippen LogP contribution in [0.1, 0.15) is 0 Å². The first kappa shape index (κ1) is 8.64. The number of para-hydroxylation sites is 1. The first-order valence-electron chi connectivity index (χ1n) is 3.60. The Bertz CT molecular complexity index is 281. The number of hydrazine groups is 1. The summed E-state index contributed by atoms with van der Waals surface area (Å²) in [6.45, 7) is 0. The predicted octanol–water partition coefficient (Wildman–Crippen LogP) is 1.05. The van der Waals surface area contributed by atoms with Crippen molar-refractivity contribution in [1.29, 1.82) is 0 Å². The van der Waals surface area contributed by atoms with E-state index in [1.54, 1.807) is 0 Å². The second-order valence-electron chi connectivity index (χ2n) is 2.20. The lowest BCUT2D eigenvalue weighted by Gasteiger charge is -1.91. The summed E-state index contributed by atoms with van der Waals surface area (Å²) in [6, 6.07) is 12.1. The third-order valence-corrected chi connectivity index (χ3v) is 1.51. The van der Waals surface area contributed by atoms with E-state index in [0.717, 1.165) is 5.52 Å². The fraction of sp³-hybridized carbons (Fsp3) is 0. The lowest BCUT2D eigenvalue weighted by molar-refractivity contribution is 1.26. The smallest absolute Gasteiger partial charge is 0.0701 e. The molecular weight excluding hydrogens is 150 g/mol. The van der Waals surface area contributed by atoms with Crippen molar-refractivity contribution in [1.82, 2.24) is 4.98 Å². The Morgan fingerprint density at radius 1 is 0.917 bits per heavy atom. The highest BCUT2D eigenvalue weighted by Gasteiger charge is 1.86. The number of benzene rings is 1. The summed E-state index contributed by atoms with van der Waals surface area (Å²) >= 11 is 0. The second-order valence-corrected chi connectivity index (χ2v) is 2.20. The van der Waals surface area contributed by atoms with E-state index >= 15 is 0 Å². The van der Waals surface area contributed by atoms with Crippen molar-refractivity contribution in [3.8, 4) is 0 Å². The lowest BCUT2D eigenvalue weighted by atomic mass is 10.2. The minimum absolute atomic E-state index is 1.06. The van der Waals surface area contributed by atoms with Crippen LogP contribution in [-0.2, 0) is 0 Å². The molecule has 3 heteroatoms. The van der Waals surface area contributed by atoms with Crippen LogP contribution in [0, 0.1) is 0 Å². The average Bonchev–Trinajstić information content (AvgIpc) is 2.21. The molecule has 2 aromatic rings. The molecule has 0 aliphatic carbocycles. The van der Waals surface area contributed by atoms with E-state index in [1.807, 2.05) is 30.5 Å². The zero-order chi connectivity index (χ0) is 8.81. The van der Waals surface area contributed by atoms with Crippen molar-refractivity contribution < 1.29 is 0 Å². The summed E-state index contributed by atoms with van der Waals surface area (Å²) in [5.41, 5.74) is 1.06. The molecule has 62 valence electrons. The number of rotatable bonds is 0. The van der Waals surface area contributed by atoms with Crippen LogP contribution in [0.2, 0.25) is 0 Å². The number of fused-ring (bicyclic) bond motifs is 1. The van der Waals surface area contributed by atoms with Gasteiger partial charge < -0.3 is 0 Å². The molecule has 3 nitrogen and oxygen atoms in total. The molecule has 0 aliphatic rings. The Hall–Kier alpha value is -1.45. The van der Waals surface area contributed by atoms with Crippen LogP contribution in [0.5, 0.6) is 0 Å². The molecule has 0 aliphatic heterocycles. The van der Waals surface area contributed by atoms with Gasteiger partial charge in [-0.25, -0.2) is 0 Å². The van der Waals surface area contributed by atoms with Crippen LogP contribution >= 0.6 is 0 Å². The topological polar surface area (TPSA) is 64.9 Å². The average molecular weight is 161 g/mol. The standard InChI is InChI=1S/C9H7N.H4N2/c1-2-6-9-8(4-1)5-3-7-10-9;1-2/h1-7H;1-2H2. The highest BCUT2D eigenvalue weighted by atomic mass is 15.0. The van der Waals surface area contributed by atoms with Gasteiger partial charge in [0.15, 0.2) is 0 Å². The molecular formula is C9H11N3. The van der Waals surface area contributed by atoms with Crippen molar-refractivity contribution in [3.05, 3.63) is 42.6 Å². The maximum atomic E-state index is 4.18. The third-order valence-electron chi connectivity index (χ3n) is 1.51. The van der Waals surface area contributed by atoms with E-state index in [4.69, 9.17) is 0 Å². The van der Waals surface area contributed by atoms with Crippen molar-refractivity contribution in [2.45, 2.75) is 0 Å². The number of nitrogens with zero attached hydrogens (tertiary/aromatic N) is 1. The Morgan fingerprint density at radius 2 is 1.58 bits per heavy atom. The fourth-order valence-corrected chi connectivity index (χ4v) is 1.02. The van der Waals surface area contributed by atoms with Gasteiger partial charge in [-0.2, -0.15) is 0 Å². The first-order chi connectivity index (χ1) is 5.97. The molecule has 0 radical (unpaired) electrons. The van der Waals surface area contributed by atoms with Crippen molar-refractivity contribution >= 4 is 10.9 Å². The Morgan fingerprint density at radius 3 is 2.33 bits per heavy atom. The summed E-state index contributed by atoms with van der Waals surface area (Å²) in [5, 5.41) is 1.20. The SMILES string of the molecule is NN.c1ccc2ncccc2c1. The lowest BCUT2D eigenvalue weighted by Crippen LogP contribution is -2.02. The second kappa shape index (κ2) is 4.43. The van der Waals surface area contributed by atoms with Crippen LogP contribution in [0.15, 0.2) is 42.6 Å². The van der Waals surface area contributed by atoms with Gasteiger partial charge in [0.1, 0.15) is 0 Å². The van der Waals surface area contributed by atoms with Crippen LogP contribution in [0.25, 0.3) is 10.9 Å². The van der Waals surface area contributed by atoms with E-state index in [1.165, 1.54) is 5.39 Å². The van der Waals surface area contributed by atoms with E-state index in [9.17, 15) is 0 Å². The van der Waals surface area contributed by atoms with E-state index < -0.39 is 0 Å². The Balaban J connectivity index is 0.000000336. The number of hydrogen-bond acceptors (Lipinski definition) is 3. The molecule has 4 N–H and O–H groups in total. The van der Waals surface area contributed by atoms with Crippen molar-refractivity contribution in [2.75, 3.05) is 0 Å². The summed E-state index contributed by atoms with van der Waals surface area (Å²) < 4.78 is 0. The van der Waals surface area contributed by atoms with Gasteiger partial charge in [0.05, 0.1) is 5.52 Å². The van der Waals surface area contributed by atoms with Gasteiger partial charge >= 0.3 is 0 Å². The van der Waals surface area contributed by atoms with E-state index in [-0.39, 0.29) is 0 Å². The van der Waals surface area contributed by atoms with Gasteiger partial charge in [-0.1, -0.05) is 24.3 Å². The molecule has 2 rings (SSSR count). The number of nitrogens with two attached hydrogens (primary N) is 2. The zero-order valence-corrected chi connectivity index (χ0v) is 6.64. The number of aromatic nitrogens is 1. The largest absolute Gasteiger partial charge is 0.274 e. The van der Waals surface area contributed by atoms with Crippen molar-refractivity contribution in [2.24, 2.45) is 11.7 Å². The van der Waals surface area contributed by atoms with E-state index in [0.29, 0.717) is 0 Å². The van der Waals surface area contributed by atoms with E-state index in [2.05, 4.69) is 28.8 Å². The minimum Gasteiger partial charge on any atom is -0.274 e. The molecule has 0 spiro atoms. The summed E-state index contributed by atoms with van der Waals surface area (Å²) in [7, 11) is 0. The van der Waals surface area contributed by atoms with Crippen LogP contribution in [0.4, 0.5) is 0 Å². The van der Waals surface area contributed by atoms with Gasteiger partial charge in [-0.3, -0.25) is 16.7 Å².